The third kappa shape index (κ3) is 4.77. The highest BCUT2D eigenvalue weighted by atomic mass is 19.3. The van der Waals surface area contributed by atoms with Gasteiger partial charge in [0.15, 0.2) is 0 Å². The number of hydrogen-bond donors (Lipinski definition) is 1. The number of nitrogens with zero attached hydrogens (tertiary/aromatic N) is 1. The Balaban J connectivity index is 2.65. The Morgan fingerprint density at radius 1 is 1.50 bits per heavy atom. The average molecular weight is 258 g/mol. The van der Waals surface area contributed by atoms with Gasteiger partial charge in [-0.25, -0.2) is 10.2 Å². The summed E-state index contributed by atoms with van der Waals surface area (Å²) in [5.41, 5.74) is 2.39. The first-order valence-electron chi connectivity index (χ1n) is 5.13. The van der Waals surface area contributed by atoms with Crippen molar-refractivity contribution >= 4 is 12.3 Å². The standard InChI is InChI=1S/C11H12F2N2O3/c1-2-17-11(16)15-14-7-8-5-3-4-6-9(8)18-10(12)13/h3-7,10H,2H2,1H3,(H,15,16)/b14-7-. The van der Waals surface area contributed by atoms with Crippen LogP contribution in [0.4, 0.5) is 13.6 Å². The lowest BCUT2D eigenvalue weighted by molar-refractivity contribution is -0.0499. The molecule has 0 unspecified atom stereocenters. The zero-order chi connectivity index (χ0) is 13.4. The molecule has 0 aliphatic carbocycles. The summed E-state index contributed by atoms with van der Waals surface area (Å²) in [6.45, 7) is -1.06. The summed E-state index contributed by atoms with van der Waals surface area (Å²) in [5, 5.41) is 3.55. The highest BCUT2D eigenvalue weighted by Crippen LogP contribution is 2.18. The topological polar surface area (TPSA) is 59.9 Å². The zero-order valence-electron chi connectivity index (χ0n) is 9.60. The van der Waals surface area contributed by atoms with E-state index in [4.69, 9.17) is 0 Å². The maximum atomic E-state index is 12.1. The molecule has 98 valence electrons. The van der Waals surface area contributed by atoms with Crippen LogP contribution in [0, 0.1) is 0 Å². The lowest BCUT2D eigenvalue weighted by Gasteiger charge is -2.06. The van der Waals surface area contributed by atoms with E-state index in [-0.39, 0.29) is 12.4 Å². The molecular weight excluding hydrogens is 246 g/mol. The number of benzene rings is 1. The molecule has 0 heterocycles. The van der Waals surface area contributed by atoms with Crippen LogP contribution in [-0.4, -0.2) is 25.5 Å². The van der Waals surface area contributed by atoms with E-state index in [2.05, 4.69) is 20.0 Å². The number of carbonyl (C=O) groups is 1. The maximum Gasteiger partial charge on any atom is 0.427 e. The van der Waals surface area contributed by atoms with Crippen molar-refractivity contribution in [2.75, 3.05) is 6.61 Å². The van der Waals surface area contributed by atoms with Crippen LogP contribution < -0.4 is 10.2 Å². The van der Waals surface area contributed by atoms with Crippen LogP contribution in [0.3, 0.4) is 0 Å². The largest absolute Gasteiger partial charge is 0.449 e. The first-order valence-corrected chi connectivity index (χ1v) is 5.13. The van der Waals surface area contributed by atoms with Crippen LogP contribution in [0.25, 0.3) is 0 Å². The molecule has 0 spiro atoms. The third-order valence-corrected chi connectivity index (χ3v) is 1.77. The number of nitrogens with one attached hydrogen (secondary N) is 1. The predicted molar refractivity (Wildman–Crippen MR) is 60.8 cm³/mol. The summed E-state index contributed by atoms with van der Waals surface area (Å²) in [6, 6.07) is 6.07. The van der Waals surface area contributed by atoms with Gasteiger partial charge in [0.25, 0.3) is 0 Å². The quantitative estimate of drug-likeness (QED) is 0.651. The Bertz CT molecular complexity index is 425. The molecule has 1 N–H and O–H groups in total. The van der Waals surface area contributed by atoms with E-state index in [9.17, 15) is 13.6 Å². The van der Waals surface area contributed by atoms with Gasteiger partial charge in [-0.05, 0) is 19.1 Å². The zero-order valence-corrected chi connectivity index (χ0v) is 9.60. The van der Waals surface area contributed by atoms with Gasteiger partial charge in [0.2, 0.25) is 0 Å². The molecule has 0 aliphatic rings. The van der Waals surface area contributed by atoms with Gasteiger partial charge in [0.05, 0.1) is 12.8 Å². The number of ether oxygens (including phenoxy) is 2. The number of para-hydroxylation sites is 1. The fraction of sp³-hybridized carbons (Fsp3) is 0.273. The van der Waals surface area contributed by atoms with Crippen LogP contribution in [0.5, 0.6) is 5.75 Å². The fourth-order valence-electron chi connectivity index (χ4n) is 1.11. The van der Waals surface area contributed by atoms with Crippen molar-refractivity contribution in [2.45, 2.75) is 13.5 Å². The van der Waals surface area contributed by atoms with Crippen LogP contribution in [0.1, 0.15) is 12.5 Å². The van der Waals surface area contributed by atoms with Crippen molar-refractivity contribution in [3.63, 3.8) is 0 Å². The molecule has 0 atom stereocenters. The Labute approximate surface area is 102 Å². The van der Waals surface area contributed by atoms with E-state index in [0.717, 1.165) is 0 Å². The van der Waals surface area contributed by atoms with Gasteiger partial charge in [-0.3, -0.25) is 0 Å². The molecule has 7 heteroatoms. The summed E-state index contributed by atoms with van der Waals surface area (Å²) in [4.78, 5) is 10.9. The molecule has 0 radical (unpaired) electrons. The van der Waals surface area contributed by atoms with Crippen LogP contribution >= 0.6 is 0 Å². The van der Waals surface area contributed by atoms with Crippen LogP contribution in [-0.2, 0) is 4.74 Å². The van der Waals surface area contributed by atoms with Crippen molar-refractivity contribution in [1.82, 2.24) is 5.43 Å². The summed E-state index contributed by atoms with van der Waals surface area (Å²) in [6.07, 6.45) is 0.468. The number of amides is 1. The second-order valence-electron chi connectivity index (χ2n) is 3.01. The minimum absolute atomic E-state index is 0.0260. The molecule has 1 aromatic rings. The van der Waals surface area contributed by atoms with E-state index in [1.165, 1.54) is 18.3 Å². The Kier molecular flexibility index (Phi) is 5.56. The first-order chi connectivity index (χ1) is 8.63. The Morgan fingerprint density at radius 2 is 2.22 bits per heavy atom. The van der Waals surface area contributed by atoms with E-state index in [1.807, 2.05) is 0 Å². The minimum atomic E-state index is -2.92. The summed E-state index contributed by atoms with van der Waals surface area (Å²) in [5.74, 6) is -0.0260. The molecule has 0 saturated heterocycles. The first kappa shape index (κ1) is 13.9. The number of rotatable bonds is 5. The minimum Gasteiger partial charge on any atom is -0.449 e. The second kappa shape index (κ2) is 7.21. The molecule has 0 aliphatic heterocycles. The molecule has 1 aromatic carbocycles. The molecular formula is C11H12F2N2O3. The SMILES string of the molecule is CCOC(=O)N/N=C\c1ccccc1OC(F)F. The summed E-state index contributed by atoms with van der Waals surface area (Å²) >= 11 is 0. The smallest absolute Gasteiger partial charge is 0.427 e. The van der Waals surface area contributed by atoms with Gasteiger partial charge in [-0.1, -0.05) is 12.1 Å². The van der Waals surface area contributed by atoms with E-state index >= 15 is 0 Å². The number of halogens is 2. The van der Waals surface area contributed by atoms with Crippen LogP contribution in [0.2, 0.25) is 0 Å². The fourth-order valence-corrected chi connectivity index (χ4v) is 1.11. The van der Waals surface area contributed by atoms with Crippen molar-refractivity contribution in [2.24, 2.45) is 5.10 Å². The van der Waals surface area contributed by atoms with Gasteiger partial charge in [0.1, 0.15) is 5.75 Å². The van der Waals surface area contributed by atoms with Gasteiger partial charge in [-0.15, -0.1) is 0 Å². The highest BCUT2D eigenvalue weighted by molar-refractivity contribution is 5.84. The monoisotopic (exact) mass is 258 g/mol. The molecule has 0 saturated carbocycles. The van der Waals surface area contributed by atoms with E-state index in [0.29, 0.717) is 5.56 Å². The predicted octanol–water partition coefficient (Wildman–Crippen LogP) is 2.37. The molecule has 18 heavy (non-hydrogen) atoms. The Hall–Kier alpha value is -2.18. The van der Waals surface area contributed by atoms with Gasteiger partial charge in [0, 0.05) is 5.56 Å². The van der Waals surface area contributed by atoms with Crippen molar-refractivity contribution in [3.8, 4) is 5.75 Å². The molecule has 5 nitrogen and oxygen atoms in total. The third-order valence-electron chi connectivity index (χ3n) is 1.77. The molecule has 0 aromatic heterocycles. The van der Waals surface area contributed by atoms with Crippen LogP contribution in [0.15, 0.2) is 29.4 Å². The molecule has 0 bridgehead atoms. The van der Waals surface area contributed by atoms with E-state index < -0.39 is 12.7 Å². The van der Waals surface area contributed by atoms with Crippen molar-refractivity contribution < 1.29 is 23.0 Å². The lowest BCUT2D eigenvalue weighted by Crippen LogP contribution is -2.18. The van der Waals surface area contributed by atoms with Crippen molar-refractivity contribution in [1.29, 1.82) is 0 Å². The number of alkyl halides is 2. The number of carbonyl (C=O) groups excluding carboxylic acids is 1. The van der Waals surface area contributed by atoms with Gasteiger partial charge < -0.3 is 9.47 Å². The normalized spacial score (nSPS) is 10.7. The summed E-state index contributed by atoms with van der Waals surface area (Å²) in [7, 11) is 0. The van der Waals surface area contributed by atoms with Gasteiger partial charge >= 0.3 is 12.7 Å². The van der Waals surface area contributed by atoms with Gasteiger partial charge in [-0.2, -0.15) is 13.9 Å². The highest BCUT2D eigenvalue weighted by Gasteiger charge is 2.07. The van der Waals surface area contributed by atoms with Crippen molar-refractivity contribution in [3.05, 3.63) is 29.8 Å². The molecule has 1 rings (SSSR count). The second-order valence-corrected chi connectivity index (χ2v) is 3.01. The lowest BCUT2D eigenvalue weighted by atomic mass is 10.2. The Morgan fingerprint density at radius 3 is 2.89 bits per heavy atom. The summed E-state index contributed by atoms with van der Waals surface area (Å²) < 4.78 is 33.0. The number of hydrogen-bond acceptors (Lipinski definition) is 4. The molecule has 1 amide bonds. The maximum absolute atomic E-state index is 12.1. The number of hydrazone groups is 1. The average Bonchev–Trinajstić information content (AvgIpc) is 2.31. The van der Waals surface area contributed by atoms with E-state index in [1.54, 1.807) is 19.1 Å². The molecule has 0 fully saturated rings.